The van der Waals surface area contributed by atoms with Crippen molar-refractivity contribution in [1.29, 1.82) is 0 Å². The first-order chi connectivity index (χ1) is 16.6. The molecule has 2 aromatic carbocycles. The van der Waals surface area contributed by atoms with Crippen LogP contribution in [0.5, 0.6) is 0 Å². The molecular weight excluding hydrogens is 491 g/mol. The molecule has 0 unspecified atom stereocenters. The van der Waals surface area contributed by atoms with Gasteiger partial charge in [0.25, 0.3) is 0 Å². The van der Waals surface area contributed by atoms with Gasteiger partial charge in [0.2, 0.25) is 5.91 Å². The van der Waals surface area contributed by atoms with E-state index in [9.17, 15) is 4.79 Å². The zero-order chi connectivity index (χ0) is 23.8. The van der Waals surface area contributed by atoms with Crippen molar-refractivity contribution in [3.63, 3.8) is 0 Å². The lowest BCUT2D eigenvalue weighted by molar-refractivity contribution is -0.121. The fourth-order valence-corrected chi connectivity index (χ4v) is 4.67. The number of hydrogen-bond acceptors (Lipinski definition) is 5. The van der Waals surface area contributed by atoms with Crippen LogP contribution in [0.2, 0.25) is 10.0 Å². The van der Waals surface area contributed by atoms with Crippen LogP contribution in [0.4, 0.5) is 0 Å². The Balaban J connectivity index is 1.37. The van der Waals surface area contributed by atoms with Crippen molar-refractivity contribution in [1.82, 2.24) is 20.1 Å². The van der Waals surface area contributed by atoms with Crippen LogP contribution in [0.1, 0.15) is 36.4 Å². The van der Waals surface area contributed by atoms with Crippen LogP contribution in [0.25, 0.3) is 5.69 Å². The molecular formula is C25H24Cl2N4O2S. The largest absolute Gasteiger partial charge is 0.467 e. The summed E-state index contributed by atoms with van der Waals surface area (Å²) >= 11 is 14.0. The number of nitrogens with zero attached hydrogens (tertiary/aromatic N) is 3. The van der Waals surface area contributed by atoms with E-state index >= 15 is 0 Å². The highest BCUT2D eigenvalue weighted by atomic mass is 35.5. The monoisotopic (exact) mass is 514 g/mol. The molecule has 4 aromatic rings. The van der Waals surface area contributed by atoms with E-state index in [1.54, 1.807) is 30.2 Å². The molecule has 2 aromatic heterocycles. The van der Waals surface area contributed by atoms with Crippen LogP contribution in [-0.2, 0) is 17.8 Å². The van der Waals surface area contributed by atoms with Crippen molar-refractivity contribution in [3.8, 4) is 5.69 Å². The number of unbranched alkanes of at least 4 members (excludes halogenated alkanes) is 1. The Kier molecular flexibility index (Phi) is 8.68. The van der Waals surface area contributed by atoms with E-state index in [1.165, 1.54) is 0 Å². The van der Waals surface area contributed by atoms with Crippen molar-refractivity contribution < 1.29 is 9.21 Å². The highest BCUT2D eigenvalue weighted by Crippen LogP contribution is 2.29. The van der Waals surface area contributed by atoms with E-state index < -0.39 is 0 Å². The average Bonchev–Trinajstić information content (AvgIpc) is 3.50. The summed E-state index contributed by atoms with van der Waals surface area (Å²) in [6, 6.07) is 19.3. The third-order valence-electron chi connectivity index (χ3n) is 5.14. The first kappa shape index (κ1) is 24.4. The molecule has 0 aliphatic carbocycles. The summed E-state index contributed by atoms with van der Waals surface area (Å²) in [5.41, 5.74) is 2.01. The summed E-state index contributed by atoms with van der Waals surface area (Å²) in [6.07, 6.45) is 4.38. The van der Waals surface area contributed by atoms with Gasteiger partial charge in [0.1, 0.15) is 11.6 Å². The second-order valence-corrected chi connectivity index (χ2v) is 9.53. The van der Waals surface area contributed by atoms with Gasteiger partial charge in [-0.15, -0.1) is 10.2 Å². The van der Waals surface area contributed by atoms with Crippen LogP contribution >= 0.6 is 35.0 Å². The predicted octanol–water partition coefficient (Wildman–Crippen LogP) is 6.34. The van der Waals surface area contributed by atoms with Gasteiger partial charge in [-0.05, 0) is 48.7 Å². The number of carbonyl (C=O) groups is 1. The summed E-state index contributed by atoms with van der Waals surface area (Å²) in [7, 11) is 0. The smallest absolute Gasteiger partial charge is 0.220 e. The summed E-state index contributed by atoms with van der Waals surface area (Å²) in [6.45, 7) is 0.414. The maximum atomic E-state index is 12.0. The molecule has 0 aliphatic heterocycles. The summed E-state index contributed by atoms with van der Waals surface area (Å²) < 4.78 is 7.25. The molecule has 34 heavy (non-hydrogen) atoms. The number of halogens is 2. The number of carbonyl (C=O) groups excluding carboxylic acids is 1. The normalized spacial score (nSPS) is 11.0. The van der Waals surface area contributed by atoms with Gasteiger partial charge < -0.3 is 9.73 Å². The van der Waals surface area contributed by atoms with E-state index in [4.69, 9.17) is 27.6 Å². The SMILES string of the molecule is O=C(CCCCSc1nnc(Cc2ccccc2)n1-c1ccc(Cl)c(Cl)c1)NCc1ccco1. The Morgan fingerprint density at radius 3 is 2.62 bits per heavy atom. The average molecular weight is 515 g/mol. The molecule has 1 N–H and O–H groups in total. The second kappa shape index (κ2) is 12.1. The molecule has 0 fully saturated rings. The fraction of sp³-hybridized carbons (Fsp3) is 0.240. The molecule has 0 aliphatic rings. The maximum Gasteiger partial charge on any atom is 0.220 e. The van der Waals surface area contributed by atoms with Crippen molar-refractivity contribution >= 4 is 40.9 Å². The maximum absolute atomic E-state index is 12.0. The standard InChI is InChI=1S/C25H24Cl2N4O2S/c26-21-12-11-19(16-22(21)27)31-23(15-18-7-2-1-3-8-18)29-30-25(31)34-14-5-4-10-24(32)28-17-20-9-6-13-33-20/h1-3,6-9,11-13,16H,4-5,10,14-15,17H2,(H,28,32). The molecule has 0 atom stereocenters. The highest BCUT2D eigenvalue weighted by molar-refractivity contribution is 7.99. The number of furan rings is 1. The highest BCUT2D eigenvalue weighted by Gasteiger charge is 2.16. The number of hydrogen-bond donors (Lipinski definition) is 1. The lowest BCUT2D eigenvalue weighted by atomic mass is 10.1. The minimum atomic E-state index is 0.0190. The molecule has 4 rings (SSSR count). The molecule has 0 bridgehead atoms. The summed E-state index contributed by atoms with van der Waals surface area (Å²) in [4.78, 5) is 12.0. The van der Waals surface area contributed by atoms with Crippen molar-refractivity contribution in [2.75, 3.05) is 5.75 Å². The van der Waals surface area contributed by atoms with Crippen molar-refractivity contribution in [3.05, 3.63) is 94.1 Å². The molecule has 0 saturated heterocycles. The predicted molar refractivity (Wildman–Crippen MR) is 136 cm³/mol. The Labute approximate surface area is 212 Å². The van der Waals surface area contributed by atoms with Crippen LogP contribution in [0.15, 0.2) is 76.5 Å². The minimum Gasteiger partial charge on any atom is -0.467 e. The second-order valence-electron chi connectivity index (χ2n) is 7.66. The number of nitrogens with one attached hydrogen (secondary N) is 1. The fourth-order valence-electron chi connectivity index (χ4n) is 3.41. The Hall–Kier alpha value is -2.74. The van der Waals surface area contributed by atoms with Crippen LogP contribution in [0.3, 0.4) is 0 Å². The van der Waals surface area contributed by atoms with Crippen LogP contribution in [0, 0.1) is 0 Å². The molecule has 0 radical (unpaired) electrons. The Morgan fingerprint density at radius 2 is 1.85 bits per heavy atom. The Bertz CT molecular complexity index is 1210. The molecule has 2 heterocycles. The van der Waals surface area contributed by atoms with E-state index in [0.29, 0.717) is 29.4 Å². The van der Waals surface area contributed by atoms with Crippen LogP contribution < -0.4 is 5.32 Å². The molecule has 0 spiro atoms. The van der Waals surface area contributed by atoms with Gasteiger partial charge in [0.15, 0.2) is 5.16 Å². The van der Waals surface area contributed by atoms with Crippen molar-refractivity contribution in [2.24, 2.45) is 0 Å². The van der Waals surface area contributed by atoms with Crippen LogP contribution in [-0.4, -0.2) is 26.4 Å². The third kappa shape index (κ3) is 6.65. The van der Waals surface area contributed by atoms with Gasteiger partial charge in [-0.1, -0.05) is 65.3 Å². The Morgan fingerprint density at radius 1 is 1.00 bits per heavy atom. The minimum absolute atomic E-state index is 0.0190. The molecule has 6 nitrogen and oxygen atoms in total. The number of thioether (sulfide) groups is 1. The number of rotatable bonds is 11. The van der Waals surface area contributed by atoms with Gasteiger partial charge in [-0.25, -0.2) is 0 Å². The topological polar surface area (TPSA) is 73.0 Å². The van der Waals surface area contributed by atoms with Crippen molar-refractivity contribution in [2.45, 2.75) is 37.4 Å². The molecule has 1 amide bonds. The van der Waals surface area contributed by atoms with Gasteiger partial charge in [0.05, 0.1) is 28.5 Å². The van der Waals surface area contributed by atoms with E-state index in [0.717, 1.165) is 46.6 Å². The summed E-state index contributed by atoms with van der Waals surface area (Å²) in [5, 5.41) is 13.5. The first-order valence-electron chi connectivity index (χ1n) is 11.0. The number of amides is 1. The van der Waals surface area contributed by atoms with Gasteiger partial charge in [-0.3, -0.25) is 9.36 Å². The van der Waals surface area contributed by atoms with E-state index in [1.807, 2.05) is 41.0 Å². The van der Waals surface area contributed by atoms with E-state index in [2.05, 4.69) is 27.6 Å². The number of aromatic nitrogens is 3. The number of benzene rings is 2. The third-order valence-corrected chi connectivity index (χ3v) is 6.89. The van der Waals surface area contributed by atoms with Gasteiger partial charge in [-0.2, -0.15) is 0 Å². The summed E-state index contributed by atoms with van der Waals surface area (Å²) in [5.74, 6) is 2.41. The lowest BCUT2D eigenvalue weighted by Crippen LogP contribution is -2.22. The zero-order valence-electron chi connectivity index (χ0n) is 18.4. The molecule has 176 valence electrons. The van der Waals surface area contributed by atoms with Gasteiger partial charge >= 0.3 is 0 Å². The zero-order valence-corrected chi connectivity index (χ0v) is 20.7. The van der Waals surface area contributed by atoms with Gasteiger partial charge in [0, 0.05) is 18.6 Å². The first-order valence-corrected chi connectivity index (χ1v) is 12.7. The quantitative estimate of drug-likeness (QED) is 0.187. The molecule has 0 saturated carbocycles. The lowest BCUT2D eigenvalue weighted by Gasteiger charge is -2.11. The molecule has 9 heteroatoms. The van der Waals surface area contributed by atoms with E-state index in [-0.39, 0.29) is 5.91 Å².